The molecule has 0 radical (unpaired) electrons. The minimum absolute atomic E-state index is 0.221. The molecule has 5 nitrogen and oxygen atoms in total. The van der Waals surface area contributed by atoms with Crippen LogP contribution in [0.5, 0.6) is 5.75 Å². The SMILES string of the molecule is CC(=O)Oc1cccc(NC(=O)c2cc3ccccc3o2)c1. The number of hydrogen-bond donors (Lipinski definition) is 1. The Balaban J connectivity index is 1.80. The average molecular weight is 295 g/mol. The van der Waals surface area contributed by atoms with Gasteiger partial charge in [0.15, 0.2) is 5.76 Å². The van der Waals surface area contributed by atoms with Crippen molar-refractivity contribution in [3.05, 3.63) is 60.4 Å². The normalized spacial score (nSPS) is 10.4. The summed E-state index contributed by atoms with van der Waals surface area (Å²) in [5.41, 5.74) is 1.17. The van der Waals surface area contributed by atoms with Gasteiger partial charge in [0, 0.05) is 24.1 Å². The van der Waals surface area contributed by atoms with Crippen LogP contribution in [-0.2, 0) is 4.79 Å². The number of amides is 1. The van der Waals surface area contributed by atoms with Crippen LogP contribution in [-0.4, -0.2) is 11.9 Å². The molecule has 0 aliphatic heterocycles. The molecule has 22 heavy (non-hydrogen) atoms. The fraction of sp³-hybridized carbons (Fsp3) is 0.0588. The third kappa shape index (κ3) is 2.98. The molecule has 0 saturated carbocycles. The van der Waals surface area contributed by atoms with Crippen LogP contribution in [0.15, 0.2) is 59.0 Å². The lowest BCUT2D eigenvalue weighted by atomic mass is 10.2. The molecule has 0 saturated heterocycles. The van der Waals surface area contributed by atoms with E-state index < -0.39 is 5.97 Å². The summed E-state index contributed by atoms with van der Waals surface area (Å²) in [7, 11) is 0. The van der Waals surface area contributed by atoms with Crippen LogP contribution < -0.4 is 10.1 Å². The van der Waals surface area contributed by atoms with Gasteiger partial charge in [-0.1, -0.05) is 24.3 Å². The van der Waals surface area contributed by atoms with Crippen molar-refractivity contribution in [2.24, 2.45) is 0 Å². The monoisotopic (exact) mass is 295 g/mol. The molecular formula is C17H13NO4. The van der Waals surface area contributed by atoms with Crippen LogP contribution in [0.2, 0.25) is 0 Å². The first kappa shape index (κ1) is 13.9. The van der Waals surface area contributed by atoms with Crippen molar-refractivity contribution in [2.45, 2.75) is 6.92 Å². The number of nitrogens with one attached hydrogen (secondary N) is 1. The average Bonchev–Trinajstić information content (AvgIpc) is 2.91. The van der Waals surface area contributed by atoms with Gasteiger partial charge in [0.1, 0.15) is 11.3 Å². The van der Waals surface area contributed by atoms with Crippen LogP contribution in [0, 0.1) is 0 Å². The van der Waals surface area contributed by atoms with Crippen LogP contribution in [0.1, 0.15) is 17.5 Å². The Morgan fingerprint density at radius 2 is 1.86 bits per heavy atom. The molecule has 0 atom stereocenters. The predicted molar refractivity (Wildman–Crippen MR) is 81.9 cm³/mol. The van der Waals surface area contributed by atoms with Gasteiger partial charge in [-0.25, -0.2) is 0 Å². The van der Waals surface area contributed by atoms with E-state index in [4.69, 9.17) is 9.15 Å². The van der Waals surface area contributed by atoms with Gasteiger partial charge in [0.05, 0.1) is 0 Å². The van der Waals surface area contributed by atoms with Gasteiger partial charge < -0.3 is 14.5 Å². The first-order valence-electron chi connectivity index (χ1n) is 6.70. The fourth-order valence-electron chi connectivity index (χ4n) is 2.09. The summed E-state index contributed by atoms with van der Waals surface area (Å²) in [6, 6.07) is 15.7. The first-order valence-corrected chi connectivity index (χ1v) is 6.70. The van der Waals surface area contributed by atoms with Gasteiger partial charge >= 0.3 is 5.97 Å². The molecule has 0 fully saturated rings. The molecule has 0 bridgehead atoms. The minimum Gasteiger partial charge on any atom is -0.451 e. The molecule has 0 aliphatic rings. The van der Waals surface area contributed by atoms with E-state index in [9.17, 15) is 9.59 Å². The van der Waals surface area contributed by atoms with Gasteiger partial charge in [-0.2, -0.15) is 0 Å². The molecule has 3 rings (SSSR count). The van der Waals surface area contributed by atoms with E-state index in [1.807, 2.05) is 18.2 Å². The molecule has 1 heterocycles. The first-order chi connectivity index (χ1) is 10.6. The van der Waals surface area contributed by atoms with Crippen molar-refractivity contribution in [3.8, 4) is 5.75 Å². The Labute approximate surface area is 126 Å². The molecule has 110 valence electrons. The molecule has 3 aromatic rings. The zero-order valence-electron chi connectivity index (χ0n) is 11.8. The highest BCUT2D eigenvalue weighted by Gasteiger charge is 2.12. The number of benzene rings is 2. The van der Waals surface area contributed by atoms with Crippen molar-refractivity contribution in [1.82, 2.24) is 0 Å². The van der Waals surface area contributed by atoms with Crippen molar-refractivity contribution >= 4 is 28.5 Å². The third-order valence-corrected chi connectivity index (χ3v) is 3.00. The molecule has 1 N–H and O–H groups in total. The molecule has 1 amide bonds. The van der Waals surface area contributed by atoms with Crippen LogP contribution in [0.4, 0.5) is 5.69 Å². The number of esters is 1. The van der Waals surface area contributed by atoms with E-state index in [2.05, 4.69) is 5.32 Å². The molecule has 0 aliphatic carbocycles. The Bertz CT molecular complexity index is 817. The van der Waals surface area contributed by atoms with Gasteiger partial charge in [0.2, 0.25) is 0 Å². The highest BCUT2D eigenvalue weighted by molar-refractivity contribution is 6.04. The van der Waals surface area contributed by atoms with E-state index in [-0.39, 0.29) is 11.7 Å². The standard InChI is InChI=1S/C17H13NO4/c1-11(19)21-14-7-4-6-13(10-14)18-17(20)16-9-12-5-2-3-8-15(12)22-16/h2-10H,1H3,(H,18,20). The maximum Gasteiger partial charge on any atom is 0.308 e. The maximum absolute atomic E-state index is 12.2. The number of anilines is 1. The number of carbonyl (C=O) groups excluding carboxylic acids is 2. The van der Waals surface area contributed by atoms with Gasteiger partial charge in [-0.15, -0.1) is 0 Å². The Morgan fingerprint density at radius 3 is 2.64 bits per heavy atom. The van der Waals surface area contributed by atoms with Gasteiger partial charge in [0.25, 0.3) is 5.91 Å². The summed E-state index contributed by atoms with van der Waals surface area (Å²) in [6.07, 6.45) is 0. The second-order valence-electron chi connectivity index (χ2n) is 4.72. The van der Waals surface area contributed by atoms with Crippen LogP contribution >= 0.6 is 0 Å². The minimum atomic E-state index is -0.416. The smallest absolute Gasteiger partial charge is 0.308 e. The van der Waals surface area contributed by atoms with E-state index >= 15 is 0 Å². The van der Waals surface area contributed by atoms with Crippen LogP contribution in [0.3, 0.4) is 0 Å². The van der Waals surface area contributed by atoms with E-state index in [0.717, 1.165) is 5.39 Å². The van der Waals surface area contributed by atoms with E-state index in [1.54, 1.807) is 36.4 Å². The van der Waals surface area contributed by atoms with Gasteiger partial charge in [-0.05, 0) is 24.3 Å². The Morgan fingerprint density at radius 1 is 1.05 bits per heavy atom. The molecular weight excluding hydrogens is 282 g/mol. The fourth-order valence-corrected chi connectivity index (χ4v) is 2.09. The highest BCUT2D eigenvalue weighted by Crippen LogP contribution is 2.21. The highest BCUT2D eigenvalue weighted by atomic mass is 16.5. The lowest BCUT2D eigenvalue weighted by Gasteiger charge is -2.05. The number of furan rings is 1. The quantitative estimate of drug-likeness (QED) is 0.592. The number of fused-ring (bicyclic) bond motifs is 1. The summed E-state index contributed by atoms with van der Waals surface area (Å²) in [5.74, 6) is -0.189. The molecule has 1 aromatic heterocycles. The van der Waals surface area contributed by atoms with Crippen molar-refractivity contribution in [2.75, 3.05) is 5.32 Å². The summed E-state index contributed by atoms with van der Waals surface area (Å²) in [6.45, 7) is 1.32. The zero-order chi connectivity index (χ0) is 15.5. The molecule has 2 aromatic carbocycles. The second kappa shape index (κ2) is 5.73. The second-order valence-corrected chi connectivity index (χ2v) is 4.72. The zero-order valence-corrected chi connectivity index (χ0v) is 11.8. The number of hydrogen-bond acceptors (Lipinski definition) is 4. The molecule has 0 unspecified atom stereocenters. The Kier molecular flexibility index (Phi) is 3.62. The third-order valence-electron chi connectivity index (χ3n) is 3.00. The largest absolute Gasteiger partial charge is 0.451 e. The lowest BCUT2D eigenvalue weighted by Crippen LogP contribution is -2.11. The molecule has 5 heteroatoms. The maximum atomic E-state index is 12.2. The summed E-state index contributed by atoms with van der Waals surface area (Å²) in [4.78, 5) is 23.1. The van der Waals surface area contributed by atoms with Crippen molar-refractivity contribution < 1.29 is 18.7 Å². The summed E-state index contributed by atoms with van der Waals surface area (Å²) < 4.78 is 10.5. The number of para-hydroxylation sites is 1. The number of carbonyl (C=O) groups is 2. The number of ether oxygens (including phenoxy) is 1. The predicted octanol–water partition coefficient (Wildman–Crippen LogP) is 3.61. The number of rotatable bonds is 3. The Hall–Kier alpha value is -3.08. The van der Waals surface area contributed by atoms with E-state index in [0.29, 0.717) is 17.0 Å². The van der Waals surface area contributed by atoms with Gasteiger partial charge in [-0.3, -0.25) is 9.59 Å². The van der Waals surface area contributed by atoms with Crippen LogP contribution in [0.25, 0.3) is 11.0 Å². The topological polar surface area (TPSA) is 68.5 Å². The molecule has 0 spiro atoms. The van der Waals surface area contributed by atoms with Crippen molar-refractivity contribution in [3.63, 3.8) is 0 Å². The summed E-state index contributed by atoms with van der Waals surface area (Å²) >= 11 is 0. The van der Waals surface area contributed by atoms with E-state index in [1.165, 1.54) is 6.92 Å². The summed E-state index contributed by atoms with van der Waals surface area (Å²) in [5, 5.41) is 3.57. The van der Waals surface area contributed by atoms with Crippen molar-refractivity contribution in [1.29, 1.82) is 0 Å². The lowest BCUT2D eigenvalue weighted by molar-refractivity contribution is -0.131.